The summed E-state index contributed by atoms with van der Waals surface area (Å²) in [5, 5.41) is 18.7. The highest BCUT2D eigenvalue weighted by Crippen LogP contribution is 2.52. The van der Waals surface area contributed by atoms with Crippen LogP contribution in [0.1, 0.15) is 23.3 Å². The summed E-state index contributed by atoms with van der Waals surface area (Å²) >= 11 is 0. The van der Waals surface area contributed by atoms with Gasteiger partial charge in [0.2, 0.25) is 0 Å². The van der Waals surface area contributed by atoms with E-state index in [2.05, 4.69) is 4.98 Å². The van der Waals surface area contributed by atoms with Crippen LogP contribution >= 0.6 is 0 Å². The van der Waals surface area contributed by atoms with Crippen molar-refractivity contribution in [1.29, 1.82) is 0 Å². The number of ether oxygens (including phenoxy) is 1. The SMILES string of the molecule is Oc1[nH]c(O)c2c1C1C=C[C@@H]2O1. The number of rotatable bonds is 0. The number of H-pyrrole nitrogens is 1. The summed E-state index contributed by atoms with van der Waals surface area (Å²) in [4.78, 5) is 2.47. The second kappa shape index (κ2) is 1.67. The number of hydrogen-bond donors (Lipinski definition) is 3. The zero-order chi connectivity index (χ0) is 8.29. The first-order valence-corrected chi connectivity index (χ1v) is 3.75. The lowest BCUT2D eigenvalue weighted by atomic mass is 10.0. The van der Waals surface area contributed by atoms with Crippen molar-refractivity contribution in [2.24, 2.45) is 0 Å². The van der Waals surface area contributed by atoms with Crippen LogP contribution in [0.2, 0.25) is 0 Å². The normalized spacial score (nSPS) is 29.7. The minimum absolute atomic E-state index is 0.0133. The Morgan fingerprint density at radius 3 is 2.08 bits per heavy atom. The van der Waals surface area contributed by atoms with Crippen molar-refractivity contribution >= 4 is 0 Å². The van der Waals surface area contributed by atoms with E-state index in [-0.39, 0.29) is 24.0 Å². The molecular formula is C8H7NO3. The van der Waals surface area contributed by atoms with Gasteiger partial charge in [-0.25, -0.2) is 0 Å². The number of nitrogens with one attached hydrogen (secondary N) is 1. The number of fused-ring (bicyclic) bond motifs is 5. The van der Waals surface area contributed by atoms with Crippen LogP contribution in [0, 0.1) is 0 Å². The molecule has 0 spiro atoms. The Morgan fingerprint density at radius 1 is 1.08 bits per heavy atom. The monoisotopic (exact) mass is 165 g/mol. The third-order valence-corrected chi connectivity index (χ3v) is 2.36. The quantitative estimate of drug-likeness (QED) is 0.504. The standard InChI is InChI=1S/C8H7NO3/c10-7-5-3-1-2-4(12-3)6(5)8(11)9-7/h1-4,9-11H/t3-,4?/m0/s1. The van der Waals surface area contributed by atoms with Gasteiger partial charge < -0.3 is 14.9 Å². The molecule has 2 bridgehead atoms. The van der Waals surface area contributed by atoms with E-state index >= 15 is 0 Å². The van der Waals surface area contributed by atoms with Crippen molar-refractivity contribution in [2.45, 2.75) is 12.2 Å². The Bertz CT molecular complexity index is 347. The van der Waals surface area contributed by atoms with Crippen molar-refractivity contribution in [1.82, 2.24) is 4.98 Å². The van der Waals surface area contributed by atoms with E-state index in [0.29, 0.717) is 11.1 Å². The van der Waals surface area contributed by atoms with E-state index in [1.165, 1.54) is 0 Å². The van der Waals surface area contributed by atoms with Gasteiger partial charge in [-0.1, -0.05) is 12.2 Å². The van der Waals surface area contributed by atoms with Gasteiger partial charge >= 0.3 is 0 Å². The van der Waals surface area contributed by atoms with Gasteiger partial charge in [-0.05, 0) is 0 Å². The van der Waals surface area contributed by atoms with Crippen LogP contribution < -0.4 is 0 Å². The maximum Gasteiger partial charge on any atom is 0.197 e. The number of aromatic amines is 1. The average molecular weight is 165 g/mol. The second-order valence-electron chi connectivity index (χ2n) is 3.01. The molecule has 3 N–H and O–H groups in total. The lowest BCUT2D eigenvalue weighted by Crippen LogP contribution is -1.87. The highest BCUT2D eigenvalue weighted by Gasteiger charge is 2.40. The summed E-state index contributed by atoms with van der Waals surface area (Å²) in [6, 6.07) is 0. The minimum atomic E-state index is -0.179. The van der Waals surface area contributed by atoms with Crippen molar-refractivity contribution in [2.75, 3.05) is 0 Å². The van der Waals surface area contributed by atoms with Gasteiger partial charge in [0.1, 0.15) is 12.2 Å². The molecule has 0 saturated carbocycles. The first-order valence-electron chi connectivity index (χ1n) is 3.75. The predicted octanol–water partition coefficient (Wildman–Crippen LogP) is 1.11. The Morgan fingerprint density at radius 2 is 1.58 bits per heavy atom. The van der Waals surface area contributed by atoms with Crippen LogP contribution in [0.3, 0.4) is 0 Å². The molecule has 3 rings (SSSR count). The largest absolute Gasteiger partial charge is 0.494 e. The molecule has 1 unspecified atom stereocenters. The van der Waals surface area contributed by atoms with Crippen molar-refractivity contribution in [3.8, 4) is 11.8 Å². The molecule has 4 heteroatoms. The van der Waals surface area contributed by atoms with Crippen LogP contribution in [0.25, 0.3) is 0 Å². The zero-order valence-electron chi connectivity index (χ0n) is 6.11. The molecule has 0 aromatic carbocycles. The summed E-state index contributed by atoms with van der Waals surface area (Å²) in [6.07, 6.45) is 3.39. The van der Waals surface area contributed by atoms with Crippen LogP contribution in [0.4, 0.5) is 0 Å². The molecule has 0 amide bonds. The molecular weight excluding hydrogens is 158 g/mol. The minimum Gasteiger partial charge on any atom is -0.494 e. The highest BCUT2D eigenvalue weighted by atomic mass is 16.5. The first kappa shape index (κ1) is 6.14. The molecule has 2 atom stereocenters. The average Bonchev–Trinajstić information content (AvgIpc) is 2.64. The fourth-order valence-corrected chi connectivity index (χ4v) is 1.86. The van der Waals surface area contributed by atoms with Crippen molar-refractivity contribution in [3.05, 3.63) is 23.3 Å². The Labute approximate surface area is 68.1 Å². The first-order chi connectivity index (χ1) is 5.77. The van der Waals surface area contributed by atoms with E-state index in [4.69, 9.17) is 4.74 Å². The summed E-state index contributed by atoms with van der Waals surface area (Å²) in [6.45, 7) is 0. The molecule has 2 aliphatic heterocycles. The molecule has 0 saturated heterocycles. The van der Waals surface area contributed by atoms with Gasteiger partial charge in [0, 0.05) is 0 Å². The molecule has 1 aromatic rings. The molecule has 12 heavy (non-hydrogen) atoms. The van der Waals surface area contributed by atoms with E-state index in [1.54, 1.807) is 0 Å². The number of aromatic hydroxyl groups is 2. The Kier molecular flexibility index (Phi) is 0.851. The van der Waals surface area contributed by atoms with Crippen molar-refractivity contribution < 1.29 is 14.9 Å². The van der Waals surface area contributed by atoms with Gasteiger partial charge in [0.05, 0.1) is 11.1 Å². The predicted molar refractivity (Wildman–Crippen MR) is 39.8 cm³/mol. The third kappa shape index (κ3) is 0.494. The Balaban J connectivity index is 2.31. The zero-order valence-corrected chi connectivity index (χ0v) is 6.11. The maximum atomic E-state index is 9.34. The van der Waals surface area contributed by atoms with E-state index in [9.17, 15) is 10.2 Å². The molecule has 0 fully saturated rings. The van der Waals surface area contributed by atoms with Gasteiger partial charge in [0.15, 0.2) is 11.8 Å². The van der Waals surface area contributed by atoms with Crippen LogP contribution in [0.15, 0.2) is 12.2 Å². The summed E-state index contributed by atoms with van der Waals surface area (Å²) < 4.78 is 5.39. The highest BCUT2D eigenvalue weighted by molar-refractivity contribution is 5.54. The molecule has 1 aromatic heterocycles. The number of aromatic nitrogens is 1. The fraction of sp³-hybridized carbons (Fsp3) is 0.250. The molecule has 0 radical (unpaired) electrons. The smallest absolute Gasteiger partial charge is 0.197 e. The van der Waals surface area contributed by atoms with E-state index < -0.39 is 0 Å². The molecule has 2 aliphatic rings. The van der Waals surface area contributed by atoms with Crippen LogP contribution in [0.5, 0.6) is 11.8 Å². The lowest BCUT2D eigenvalue weighted by molar-refractivity contribution is 0.0847. The van der Waals surface area contributed by atoms with Gasteiger partial charge in [-0.3, -0.25) is 4.98 Å². The summed E-state index contributed by atoms with van der Waals surface area (Å²) in [7, 11) is 0. The van der Waals surface area contributed by atoms with Crippen LogP contribution in [-0.2, 0) is 4.74 Å². The maximum absolute atomic E-state index is 9.34. The molecule has 62 valence electrons. The van der Waals surface area contributed by atoms with E-state index in [0.717, 1.165) is 0 Å². The third-order valence-electron chi connectivity index (χ3n) is 2.36. The summed E-state index contributed by atoms with van der Waals surface area (Å²) in [5.74, 6) is 0.0266. The Hall–Kier alpha value is -1.42. The fourth-order valence-electron chi connectivity index (χ4n) is 1.86. The molecule has 3 heterocycles. The summed E-state index contributed by atoms with van der Waals surface area (Å²) in [5.41, 5.74) is 1.36. The second-order valence-corrected chi connectivity index (χ2v) is 3.01. The van der Waals surface area contributed by atoms with E-state index in [1.807, 2.05) is 12.2 Å². The van der Waals surface area contributed by atoms with Gasteiger partial charge in [-0.15, -0.1) is 0 Å². The molecule has 0 aliphatic carbocycles. The van der Waals surface area contributed by atoms with Crippen molar-refractivity contribution in [3.63, 3.8) is 0 Å². The molecule has 4 nitrogen and oxygen atoms in total. The van der Waals surface area contributed by atoms with Gasteiger partial charge in [-0.2, -0.15) is 0 Å². The van der Waals surface area contributed by atoms with Gasteiger partial charge in [0.25, 0.3) is 0 Å². The topological polar surface area (TPSA) is 65.5 Å². The number of hydrogen-bond acceptors (Lipinski definition) is 3. The van der Waals surface area contributed by atoms with Crippen LogP contribution in [-0.4, -0.2) is 15.2 Å². The lowest BCUT2D eigenvalue weighted by Gasteiger charge is -2.00.